The van der Waals surface area contributed by atoms with Gasteiger partial charge in [0.05, 0.1) is 11.5 Å². The molecule has 0 bridgehead atoms. The van der Waals surface area contributed by atoms with Crippen molar-refractivity contribution in [2.45, 2.75) is 40.0 Å². The summed E-state index contributed by atoms with van der Waals surface area (Å²) < 4.78 is 5.01. The molecular formula is C17H26N2O3S. The number of carbonyl (C=O) groups excluding carboxylic acids is 2. The molecule has 1 aliphatic heterocycles. The number of hydrogen-bond acceptors (Lipinski definition) is 4. The quantitative estimate of drug-likeness (QED) is 0.828. The van der Waals surface area contributed by atoms with E-state index in [1.807, 2.05) is 4.90 Å². The molecule has 0 N–H and O–H groups in total. The van der Waals surface area contributed by atoms with Gasteiger partial charge >= 0.3 is 6.09 Å². The lowest BCUT2D eigenvalue weighted by molar-refractivity contribution is 0.0574. The predicted molar refractivity (Wildman–Crippen MR) is 92.2 cm³/mol. The van der Waals surface area contributed by atoms with Gasteiger partial charge in [0, 0.05) is 31.1 Å². The number of thiophene rings is 1. The van der Waals surface area contributed by atoms with Crippen LogP contribution in [0.1, 0.15) is 47.3 Å². The van der Waals surface area contributed by atoms with E-state index in [1.165, 1.54) is 10.4 Å². The number of nitrogens with zero attached hydrogens (tertiary/aromatic N) is 2. The van der Waals surface area contributed by atoms with Crippen LogP contribution in [-0.4, -0.2) is 54.6 Å². The van der Waals surface area contributed by atoms with Gasteiger partial charge in [0.25, 0.3) is 5.91 Å². The van der Waals surface area contributed by atoms with Crippen molar-refractivity contribution in [1.29, 1.82) is 0 Å². The SMILES string of the molecule is CCCc1sc(C(=O)N2CCN(C(=O)OCC)CC2)cc1CC. The number of piperazine rings is 1. The molecule has 0 spiro atoms. The summed E-state index contributed by atoms with van der Waals surface area (Å²) in [5.74, 6) is 0.0931. The molecule has 5 nitrogen and oxygen atoms in total. The lowest BCUT2D eigenvalue weighted by Crippen LogP contribution is -2.50. The first-order chi connectivity index (χ1) is 11.1. The van der Waals surface area contributed by atoms with Gasteiger partial charge in [0.1, 0.15) is 0 Å². The topological polar surface area (TPSA) is 49.9 Å². The third kappa shape index (κ3) is 4.25. The van der Waals surface area contributed by atoms with Gasteiger partial charge in [0.15, 0.2) is 0 Å². The van der Waals surface area contributed by atoms with Gasteiger partial charge < -0.3 is 14.5 Å². The summed E-state index contributed by atoms with van der Waals surface area (Å²) in [7, 11) is 0. The molecule has 1 aromatic heterocycles. The molecule has 0 aliphatic carbocycles. The van der Waals surface area contributed by atoms with Gasteiger partial charge in [-0.3, -0.25) is 4.79 Å². The van der Waals surface area contributed by atoms with Crippen LogP contribution in [0.2, 0.25) is 0 Å². The minimum atomic E-state index is -0.283. The molecule has 0 aromatic carbocycles. The van der Waals surface area contributed by atoms with Crippen molar-refractivity contribution in [3.05, 3.63) is 21.4 Å². The highest BCUT2D eigenvalue weighted by atomic mass is 32.1. The van der Waals surface area contributed by atoms with Gasteiger partial charge in [-0.05, 0) is 31.4 Å². The molecule has 23 heavy (non-hydrogen) atoms. The molecule has 6 heteroatoms. The molecule has 1 saturated heterocycles. The van der Waals surface area contributed by atoms with Crippen molar-refractivity contribution in [2.24, 2.45) is 0 Å². The Morgan fingerprint density at radius 2 is 1.78 bits per heavy atom. The number of hydrogen-bond donors (Lipinski definition) is 0. The Morgan fingerprint density at radius 3 is 2.35 bits per heavy atom. The van der Waals surface area contributed by atoms with Crippen LogP contribution in [0.3, 0.4) is 0 Å². The van der Waals surface area contributed by atoms with Crippen molar-refractivity contribution in [1.82, 2.24) is 9.80 Å². The fourth-order valence-corrected chi connectivity index (χ4v) is 4.10. The number of aryl methyl sites for hydroxylation is 2. The van der Waals surface area contributed by atoms with E-state index in [1.54, 1.807) is 23.2 Å². The summed E-state index contributed by atoms with van der Waals surface area (Å²) in [4.78, 5) is 30.1. The van der Waals surface area contributed by atoms with Crippen molar-refractivity contribution in [3.63, 3.8) is 0 Å². The largest absolute Gasteiger partial charge is 0.450 e. The van der Waals surface area contributed by atoms with Crippen molar-refractivity contribution in [3.8, 4) is 0 Å². The smallest absolute Gasteiger partial charge is 0.409 e. The molecule has 128 valence electrons. The molecule has 2 amide bonds. The van der Waals surface area contributed by atoms with Crippen molar-refractivity contribution in [2.75, 3.05) is 32.8 Å². The Morgan fingerprint density at radius 1 is 1.13 bits per heavy atom. The Hall–Kier alpha value is -1.56. The van der Waals surface area contributed by atoms with Crippen LogP contribution in [0.25, 0.3) is 0 Å². The molecule has 1 aromatic rings. The van der Waals surface area contributed by atoms with Gasteiger partial charge in [-0.15, -0.1) is 11.3 Å². The van der Waals surface area contributed by atoms with Gasteiger partial charge in [-0.25, -0.2) is 4.79 Å². The van der Waals surface area contributed by atoms with E-state index in [0.29, 0.717) is 32.8 Å². The Balaban J connectivity index is 1.98. The zero-order chi connectivity index (χ0) is 16.8. The van der Waals surface area contributed by atoms with Crippen LogP contribution in [0, 0.1) is 0 Å². The zero-order valence-corrected chi connectivity index (χ0v) is 15.1. The third-order valence-corrected chi connectivity index (χ3v) is 5.28. The fourth-order valence-electron chi connectivity index (χ4n) is 2.77. The summed E-state index contributed by atoms with van der Waals surface area (Å²) in [5.41, 5.74) is 1.30. The van der Waals surface area contributed by atoms with E-state index in [0.717, 1.165) is 24.1 Å². The average Bonchev–Trinajstić information content (AvgIpc) is 2.98. The molecule has 1 fully saturated rings. The van der Waals surface area contributed by atoms with Crippen molar-refractivity contribution >= 4 is 23.3 Å². The lowest BCUT2D eigenvalue weighted by Gasteiger charge is -2.33. The highest BCUT2D eigenvalue weighted by molar-refractivity contribution is 7.14. The fraction of sp³-hybridized carbons (Fsp3) is 0.647. The van der Waals surface area contributed by atoms with Crippen LogP contribution in [0.15, 0.2) is 6.07 Å². The summed E-state index contributed by atoms with van der Waals surface area (Å²) in [6, 6.07) is 2.05. The molecule has 2 rings (SSSR count). The first kappa shape index (κ1) is 17.8. The minimum absolute atomic E-state index is 0.0931. The molecule has 0 atom stereocenters. The second-order valence-corrected chi connectivity index (χ2v) is 6.78. The Labute approximate surface area is 142 Å². The molecule has 1 aliphatic rings. The molecule has 0 unspecified atom stereocenters. The summed E-state index contributed by atoms with van der Waals surface area (Å²) in [6.45, 7) is 8.70. The van der Waals surface area contributed by atoms with E-state index in [2.05, 4.69) is 19.9 Å². The molecular weight excluding hydrogens is 312 g/mol. The predicted octanol–water partition coefficient (Wildman–Crippen LogP) is 3.18. The van der Waals surface area contributed by atoms with E-state index in [4.69, 9.17) is 4.74 Å². The molecule has 2 heterocycles. The lowest BCUT2D eigenvalue weighted by atomic mass is 10.1. The zero-order valence-electron chi connectivity index (χ0n) is 14.3. The summed E-state index contributed by atoms with van der Waals surface area (Å²) in [6.07, 6.45) is 2.82. The summed E-state index contributed by atoms with van der Waals surface area (Å²) >= 11 is 1.63. The van der Waals surface area contributed by atoms with E-state index in [-0.39, 0.29) is 12.0 Å². The van der Waals surface area contributed by atoms with Crippen LogP contribution >= 0.6 is 11.3 Å². The standard InChI is InChI=1S/C17H26N2O3S/c1-4-7-14-13(5-2)12-15(23-14)16(20)18-8-10-19(11-9-18)17(21)22-6-3/h12H,4-11H2,1-3H3. The maximum absolute atomic E-state index is 12.7. The summed E-state index contributed by atoms with van der Waals surface area (Å²) in [5, 5.41) is 0. The van der Waals surface area contributed by atoms with Crippen LogP contribution in [0.4, 0.5) is 4.79 Å². The van der Waals surface area contributed by atoms with Crippen LogP contribution < -0.4 is 0 Å². The van der Waals surface area contributed by atoms with Crippen LogP contribution in [0.5, 0.6) is 0 Å². The average molecular weight is 338 g/mol. The van der Waals surface area contributed by atoms with Crippen molar-refractivity contribution < 1.29 is 14.3 Å². The van der Waals surface area contributed by atoms with Crippen LogP contribution in [-0.2, 0) is 17.6 Å². The monoisotopic (exact) mass is 338 g/mol. The van der Waals surface area contributed by atoms with E-state index < -0.39 is 0 Å². The minimum Gasteiger partial charge on any atom is -0.450 e. The van der Waals surface area contributed by atoms with E-state index >= 15 is 0 Å². The molecule has 0 radical (unpaired) electrons. The normalized spacial score (nSPS) is 14.9. The molecule has 0 saturated carbocycles. The number of rotatable bonds is 5. The van der Waals surface area contributed by atoms with Gasteiger partial charge in [-0.2, -0.15) is 0 Å². The van der Waals surface area contributed by atoms with E-state index in [9.17, 15) is 9.59 Å². The van der Waals surface area contributed by atoms with Gasteiger partial charge in [0.2, 0.25) is 0 Å². The third-order valence-electron chi connectivity index (χ3n) is 4.06. The first-order valence-corrected chi connectivity index (χ1v) is 9.24. The Bertz CT molecular complexity index is 548. The second-order valence-electron chi connectivity index (χ2n) is 5.64. The van der Waals surface area contributed by atoms with Gasteiger partial charge in [-0.1, -0.05) is 20.3 Å². The highest BCUT2D eigenvalue weighted by Crippen LogP contribution is 2.26. The number of ether oxygens (including phenoxy) is 1. The maximum Gasteiger partial charge on any atom is 0.409 e. The number of carbonyl (C=O) groups is 2. The number of amides is 2. The Kier molecular flexibility index (Phi) is 6.45. The highest BCUT2D eigenvalue weighted by Gasteiger charge is 2.26. The maximum atomic E-state index is 12.7. The first-order valence-electron chi connectivity index (χ1n) is 8.43. The second kappa shape index (κ2) is 8.34.